The topological polar surface area (TPSA) is 44.5 Å². The second-order valence-electron chi connectivity index (χ2n) is 4.10. The summed E-state index contributed by atoms with van der Waals surface area (Å²) < 4.78 is 10.9. The number of methoxy groups -OCH3 is 2. The summed E-state index contributed by atoms with van der Waals surface area (Å²) in [6.07, 6.45) is 3.89. The van der Waals surface area contributed by atoms with Crippen LogP contribution >= 0.6 is 0 Å². The molecule has 0 unspecified atom stereocenters. The molecular formula is C14H21NO2. The van der Waals surface area contributed by atoms with Crippen LogP contribution in [0, 0.1) is 0 Å². The van der Waals surface area contributed by atoms with Crippen molar-refractivity contribution in [1.82, 2.24) is 0 Å². The van der Waals surface area contributed by atoms with E-state index in [-0.39, 0.29) is 0 Å². The highest BCUT2D eigenvalue weighted by Crippen LogP contribution is 2.38. The molecule has 0 amide bonds. The quantitative estimate of drug-likeness (QED) is 0.853. The molecule has 0 heterocycles. The minimum absolute atomic E-state index is 0.339. The molecule has 0 aliphatic rings. The summed E-state index contributed by atoms with van der Waals surface area (Å²) in [5, 5.41) is 0. The average molecular weight is 235 g/mol. The Hall–Kier alpha value is -1.48. The normalized spacial score (nSPS) is 11.2. The number of hydrogen-bond donors (Lipinski definition) is 1. The first-order valence-corrected chi connectivity index (χ1v) is 5.77. The van der Waals surface area contributed by atoms with Crippen LogP contribution in [0.3, 0.4) is 0 Å². The largest absolute Gasteiger partial charge is 0.496 e. The van der Waals surface area contributed by atoms with Gasteiger partial charge in [-0.2, -0.15) is 0 Å². The van der Waals surface area contributed by atoms with Crippen molar-refractivity contribution >= 4 is 6.08 Å². The van der Waals surface area contributed by atoms with Crippen molar-refractivity contribution in [2.45, 2.75) is 19.8 Å². The fraction of sp³-hybridized carbons (Fsp3) is 0.429. The molecule has 1 rings (SSSR count). The van der Waals surface area contributed by atoms with E-state index in [4.69, 9.17) is 15.2 Å². The zero-order chi connectivity index (χ0) is 12.8. The minimum Gasteiger partial charge on any atom is -0.496 e. The van der Waals surface area contributed by atoms with Crippen molar-refractivity contribution in [3.63, 3.8) is 0 Å². The van der Waals surface area contributed by atoms with Gasteiger partial charge in [-0.15, -0.1) is 0 Å². The summed E-state index contributed by atoms with van der Waals surface area (Å²) in [7, 11) is 3.36. The summed E-state index contributed by atoms with van der Waals surface area (Å²) in [6, 6.07) is 3.95. The van der Waals surface area contributed by atoms with Crippen molar-refractivity contribution in [2.24, 2.45) is 5.73 Å². The second-order valence-corrected chi connectivity index (χ2v) is 4.10. The lowest BCUT2D eigenvalue weighted by Gasteiger charge is -2.18. The first-order valence-electron chi connectivity index (χ1n) is 5.77. The maximum absolute atomic E-state index is 5.51. The van der Waals surface area contributed by atoms with E-state index in [1.807, 2.05) is 24.3 Å². The van der Waals surface area contributed by atoms with Crippen molar-refractivity contribution in [3.05, 3.63) is 29.3 Å². The van der Waals surface area contributed by atoms with Crippen molar-refractivity contribution in [1.29, 1.82) is 0 Å². The van der Waals surface area contributed by atoms with Crippen molar-refractivity contribution < 1.29 is 9.47 Å². The maximum atomic E-state index is 5.51. The third kappa shape index (κ3) is 3.01. The summed E-state index contributed by atoms with van der Waals surface area (Å²) >= 11 is 0. The summed E-state index contributed by atoms with van der Waals surface area (Å²) in [4.78, 5) is 0. The van der Waals surface area contributed by atoms with E-state index >= 15 is 0 Å². The van der Waals surface area contributed by atoms with Gasteiger partial charge in [0.05, 0.1) is 14.2 Å². The van der Waals surface area contributed by atoms with Crippen molar-refractivity contribution in [2.75, 3.05) is 20.8 Å². The van der Waals surface area contributed by atoms with E-state index in [0.717, 1.165) is 22.6 Å². The van der Waals surface area contributed by atoms with Gasteiger partial charge in [0.15, 0.2) is 0 Å². The van der Waals surface area contributed by atoms with Crippen LogP contribution < -0.4 is 15.2 Å². The van der Waals surface area contributed by atoms with Crippen LogP contribution in [0.5, 0.6) is 11.5 Å². The molecule has 0 saturated heterocycles. The molecule has 94 valence electrons. The van der Waals surface area contributed by atoms with Crippen LogP contribution in [0.4, 0.5) is 0 Å². The van der Waals surface area contributed by atoms with Gasteiger partial charge < -0.3 is 15.2 Å². The lowest BCUT2D eigenvalue weighted by atomic mass is 9.97. The van der Waals surface area contributed by atoms with E-state index < -0.39 is 0 Å². The van der Waals surface area contributed by atoms with Crippen molar-refractivity contribution in [3.8, 4) is 11.5 Å². The third-order valence-corrected chi connectivity index (χ3v) is 2.62. The molecule has 0 aliphatic heterocycles. The summed E-state index contributed by atoms with van der Waals surface area (Å²) in [6.45, 7) is 4.76. The second kappa shape index (κ2) is 6.30. The van der Waals surface area contributed by atoms with Gasteiger partial charge in [-0.25, -0.2) is 0 Å². The molecule has 0 spiro atoms. The highest BCUT2D eigenvalue weighted by atomic mass is 16.5. The fourth-order valence-corrected chi connectivity index (χ4v) is 1.88. The first-order chi connectivity index (χ1) is 8.15. The highest BCUT2D eigenvalue weighted by molar-refractivity contribution is 5.64. The molecule has 0 radical (unpaired) electrons. The number of rotatable bonds is 5. The number of benzene rings is 1. The smallest absolute Gasteiger partial charge is 0.133 e. The van der Waals surface area contributed by atoms with E-state index in [9.17, 15) is 0 Å². The predicted octanol–water partition coefficient (Wildman–Crippen LogP) is 2.80. The molecule has 3 nitrogen and oxygen atoms in total. The van der Waals surface area contributed by atoms with Crippen LogP contribution in [0.2, 0.25) is 0 Å². The molecule has 0 saturated carbocycles. The van der Waals surface area contributed by atoms with Gasteiger partial charge in [-0.3, -0.25) is 0 Å². The predicted molar refractivity (Wildman–Crippen MR) is 71.7 cm³/mol. The molecule has 0 aromatic heterocycles. The number of nitrogens with two attached hydrogens (primary N) is 1. The molecule has 0 fully saturated rings. The van der Waals surface area contributed by atoms with E-state index in [0.29, 0.717) is 12.5 Å². The van der Waals surface area contributed by atoms with Gasteiger partial charge in [-0.05, 0) is 18.1 Å². The van der Waals surface area contributed by atoms with E-state index in [1.165, 1.54) is 0 Å². The SMILES string of the molecule is COc1ccc(/C=C/CN)c(OC)c1C(C)C. The fourth-order valence-electron chi connectivity index (χ4n) is 1.88. The Kier molecular flexibility index (Phi) is 5.04. The summed E-state index contributed by atoms with van der Waals surface area (Å²) in [5.41, 5.74) is 7.59. The molecule has 17 heavy (non-hydrogen) atoms. The first kappa shape index (κ1) is 13.6. The number of ether oxygens (including phenoxy) is 2. The lowest BCUT2D eigenvalue weighted by Crippen LogP contribution is -2.01. The standard InChI is InChI=1S/C14H21NO2/c1-10(2)13-12(16-3)8-7-11(6-5-9-15)14(13)17-4/h5-8,10H,9,15H2,1-4H3/b6-5+. The molecule has 3 heteroatoms. The lowest BCUT2D eigenvalue weighted by molar-refractivity contribution is 0.381. The van der Waals surface area contributed by atoms with E-state index in [1.54, 1.807) is 14.2 Å². The molecule has 0 atom stereocenters. The van der Waals surface area contributed by atoms with Gasteiger partial charge in [-0.1, -0.05) is 26.0 Å². The Morgan fingerprint density at radius 3 is 2.41 bits per heavy atom. The van der Waals surface area contributed by atoms with Crippen LogP contribution in [0.1, 0.15) is 30.9 Å². The third-order valence-electron chi connectivity index (χ3n) is 2.62. The Balaban J connectivity index is 3.35. The van der Waals surface area contributed by atoms with Gasteiger partial charge in [0.25, 0.3) is 0 Å². The zero-order valence-electron chi connectivity index (χ0n) is 11.0. The van der Waals surface area contributed by atoms with Gasteiger partial charge in [0.1, 0.15) is 11.5 Å². The molecule has 1 aromatic carbocycles. The Bertz CT molecular complexity index is 397. The van der Waals surface area contributed by atoms with E-state index in [2.05, 4.69) is 13.8 Å². The Morgan fingerprint density at radius 1 is 1.24 bits per heavy atom. The van der Waals surface area contributed by atoms with Crippen LogP contribution in [0.15, 0.2) is 18.2 Å². The van der Waals surface area contributed by atoms with Crippen LogP contribution in [-0.2, 0) is 0 Å². The van der Waals surface area contributed by atoms with Crippen LogP contribution in [0.25, 0.3) is 6.08 Å². The summed E-state index contributed by atoms with van der Waals surface area (Å²) in [5.74, 6) is 2.07. The molecular weight excluding hydrogens is 214 g/mol. The number of hydrogen-bond acceptors (Lipinski definition) is 3. The highest BCUT2D eigenvalue weighted by Gasteiger charge is 2.16. The monoisotopic (exact) mass is 235 g/mol. The van der Waals surface area contributed by atoms with Gasteiger partial charge in [0, 0.05) is 17.7 Å². The molecule has 0 bridgehead atoms. The maximum Gasteiger partial charge on any atom is 0.133 e. The Morgan fingerprint density at radius 2 is 1.94 bits per heavy atom. The molecule has 2 N–H and O–H groups in total. The zero-order valence-corrected chi connectivity index (χ0v) is 11.0. The minimum atomic E-state index is 0.339. The van der Waals surface area contributed by atoms with Crippen LogP contribution in [-0.4, -0.2) is 20.8 Å². The van der Waals surface area contributed by atoms with Gasteiger partial charge >= 0.3 is 0 Å². The van der Waals surface area contributed by atoms with Gasteiger partial charge in [0.2, 0.25) is 0 Å². The Labute approximate surface area is 103 Å². The average Bonchev–Trinajstić information content (AvgIpc) is 2.34. The molecule has 1 aromatic rings. The molecule has 0 aliphatic carbocycles.